The van der Waals surface area contributed by atoms with Gasteiger partial charge in [-0.2, -0.15) is 0 Å². The highest BCUT2D eigenvalue weighted by molar-refractivity contribution is 5.53. The highest BCUT2D eigenvalue weighted by Gasteiger charge is 2.22. The van der Waals surface area contributed by atoms with E-state index in [2.05, 4.69) is 24.8 Å². The molecule has 0 saturated heterocycles. The van der Waals surface area contributed by atoms with Gasteiger partial charge in [-0.05, 0) is 17.7 Å². The third kappa shape index (κ3) is 3.39. The average molecular weight is 381 g/mol. The topological polar surface area (TPSA) is 124 Å². The molecule has 0 aliphatic carbocycles. The van der Waals surface area contributed by atoms with Crippen LogP contribution in [-0.2, 0) is 19.5 Å². The summed E-state index contributed by atoms with van der Waals surface area (Å²) in [5, 5.41) is 19.6. The summed E-state index contributed by atoms with van der Waals surface area (Å²) in [5.41, 5.74) is 2.65. The maximum atomic E-state index is 12.6. The van der Waals surface area contributed by atoms with Gasteiger partial charge in [-0.3, -0.25) is 9.69 Å². The Labute approximate surface area is 160 Å². The molecular formula is C19H19N5O4. The molecule has 0 radical (unpaired) electrons. The monoisotopic (exact) mass is 381 g/mol. The Morgan fingerprint density at radius 3 is 2.79 bits per heavy atom. The van der Waals surface area contributed by atoms with Crippen molar-refractivity contribution < 1.29 is 14.9 Å². The molecule has 0 spiro atoms. The van der Waals surface area contributed by atoms with E-state index >= 15 is 0 Å². The minimum atomic E-state index is -0.284. The summed E-state index contributed by atoms with van der Waals surface area (Å²) in [4.78, 5) is 30.0. The van der Waals surface area contributed by atoms with E-state index in [9.17, 15) is 15.0 Å². The largest absolute Gasteiger partial charge is 0.504 e. The van der Waals surface area contributed by atoms with Gasteiger partial charge >= 0.3 is 0 Å². The van der Waals surface area contributed by atoms with Crippen molar-refractivity contribution in [3.8, 4) is 28.6 Å². The summed E-state index contributed by atoms with van der Waals surface area (Å²) in [6, 6.07) is 3.17. The van der Waals surface area contributed by atoms with Crippen LogP contribution in [0.25, 0.3) is 11.4 Å². The second-order valence-corrected chi connectivity index (χ2v) is 6.59. The van der Waals surface area contributed by atoms with E-state index in [4.69, 9.17) is 4.74 Å². The van der Waals surface area contributed by atoms with Gasteiger partial charge in [0, 0.05) is 38.4 Å². The Bertz CT molecular complexity index is 1070. The predicted molar refractivity (Wildman–Crippen MR) is 100 cm³/mol. The van der Waals surface area contributed by atoms with Crippen LogP contribution in [0.2, 0.25) is 0 Å². The van der Waals surface area contributed by atoms with Gasteiger partial charge in [0.15, 0.2) is 11.5 Å². The maximum absolute atomic E-state index is 12.6. The first kappa shape index (κ1) is 17.9. The van der Waals surface area contributed by atoms with E-state index < -0.39 is 0 Å². The van der Waals surface area contributed by atoms with Crippen LogP contribution in [0.15, 0.2) is 35.6 Å². The maximum Gasteiger partial charge on any atom is 0.255 e. The molecule has 4 rings (SSSR count). The van der Waals surface area contributed by atoms with Crippen molar-refractivity contribution in [3.05, 3.63) is 58.0 Å². The molecule has 144 valence electrons. The summed E-state index contributed by atoms with van der Waals surface area (Å²) >= 11 is 0. The summed E-state index contributed by atoms with van der Waals surface area (Å²) in [5.74, 6) is 0.155. The molecule has 3 N–H and O–H groups in total. The van der Waals surface area contributed by atoms with E-state index in [-0.39, 0.29) is 22.8 Å². The number of H-pyrrole nitrogens is 1. The normalized spacial score (nSPS) is 13.9. The standard InChI is InChI=1S/C19H19N5O4/c1-28-16-5-11(4-15(25)17(16)26)8-24-3-2-14-13(9-24)19(27)23-18(22-14)12-6-20-10-21-7-12/h4-7,10,25-26H,2-3,8-9H2,1H3,(H,22,23,27). The first-order chi connectivity index (χ1) is 13.5. The van der Waals surface area contributed by atoms with Gasteiger partial charge in [0.1, 0.15) is 12.2 Å². The van der Waals surface area contributed by atoms with E-state index in [1.54, 1.807) is 18.5 Å². The number of methoxy groups -OCH3 is 1. The Balaban J connectivity index is 1.57. The van der Waals surface area contributed by atoms with E-state index in [0.717, 1.165) is 11.3 Å². The lowest BCUT2D eigenvalue weighted by Gasteiger charge is -2.28. The molecule has 1 aromatic carbocycles. The predicted octanol–water partition coefficient (Wildman–Crippen LogP) is 1.20. The number of hydrogen-bond donors (Lipinski definition) is 3. The number of aromatic hydroxyl groups is 2. The summed E-state index contributed by atoms with van der Waals surface area (Å²) in [6.07, 6.45) is 5.27. The lowest BCUT2D eigenvalue weighted by atomic mass is 10.1. The number of nitrogens with zero attached hydrogens (tertiary/aromatic N) is 4. The molecule has 0 saturated carbocycles. The number of aromatic amines is 1. The van der Waals surface area contributed by atoms with Crippen molar-refractivity contribution >= 4 is 0 Å². The number of ether oxygens (including phenoxy) is 1. The molecule has 0 bridgehead atoms. The van der Waals surface area contributed by atoms with Crippen LogP contribution in [0.4, 0.5) is 0 Å². The van der Waals surface area contributed by atoms with Crippen LogP contribution in [0.1, 0.15) is 16.8 Å². The number of aromatic nitrogens is 4. The first-order valence-corrected chi connectivity index (χ1v) is 8.74. The number of hydrogen-bond acceptors (Lipinski definition) is 8. The fourth-order valence-electron chi connectivity index (χ4n) is 3.33. The van der Waals surface area contributed by atoms with Crippen molar-refractivity contribution in [2.75, 3.05) is 13.7 Å². The lowest BCUT2D eigenvalue weighted by molar-refractivity contribution is 0.241. The fourth-order valence-corrected chi connectivity index (χ4v) is 3.33. The SMILES string of the molecule is COc1cc(CN2CCc3nc(-c4cncnc4)[nH]c(=O)c3C2)cc(O)c1O. The molecule has 0 unspecified atom stereocenters. The zero-order chi connectivity index (χ0) is 19.7. The van der Waals surface area contributed by atoms with Gasteiger partial charge in [-0.15, -0.1) is 0 Å². The third-order valence-corrected chi connectivity index (χ3v) is 4.72. The molecule has 3 heterocycles. The number of phenols is 2. The Morgan fingerprint density at radius 1 is 1.25 bits per heavy atom. The van der Waals surface area contributed by atoms with E-state index in [0.29, 0.717) is 43.0 Å². The van der Waals surface area contributed by atoms with Gasteiger partial charge in [0.05, 0.1) is 23.9 Å². The van der Waals surface area contributed by atoms with Gasteiger partial charge in [0.25, 0.3) is 5.56 Å². The van der Waals surface area contributed by atoms with Crippen molar-refractivity contribution in [2.24, 2.45) is 0 Å². The lowest BCUT2D eigenvalue weighted by Crippen LogP contribution is -2.35. The second-order valence-electron chi connectivity index (χ2n) is 6.59. The molecule has 9 nitrogen and oxygen atoms in total. The molecule has 0 atom stereocenters. The van der Waals surface area contributed by atoms with Gasteiger partial charge in [-0.1, -0.05) is 0 Å². The van der Waals surface area contributed by atoms with E-state index in [1.807, 2.05) is 0 Å². The average Bonchev–Trinajstić information content (AvgIpc) is 2.71. The molecular weight excluding hydrogens is 362 g/mol. The van der Waals surface area contributed by atoms with Gasteiger partial charge in [-0.25, -0.2) is 15.0 Å². The zero-order valence-electron chi connectivity index (χ0n) is 15.2. The van der Waals surface area contributed by atoms with Crippen molar-refractivity contribution in [2.45, 2.75) is 19.5 Å². The van der Waals surface area contributed by atoms with Crippen molar-refractivity contribution in [3.63, 3.8) is 0 Å². The number of phenolic OH excluding ortho intramolecular Hbond substituents is 2. The van der Waals surface area contributed by atoms with Crippen LogP contribution in [0.5, 0.6) is 17.2 Å². The van der Waals surface area contributed by atoms with Gasteiger partial charge < -0.3 is 19.9 Å². The van der Waals surface area contributed by atoms with Crippen LogP contribution in [0.3, 0.4) is 0 Å². The summed E-state index contributed by atoms with van der Waals surface area (Å²) in [7, 11) is 1.43. The van der Waals surface area contributed by atoms with Crippen molar-refractivity contribution in [1.29, 1.82) is 0 Å². The van der Waals surface area contributed by atoms with Crippen LogP contribution < -0.4 is 10.3 Å². The zero-order valence-corrected chi connectivity index (χ0v) is 15.2. The Kier molecular flexibility index (Phi) is 4.66. The Hall–Kier alpha value is -3.46. The highest BCUT2D eigenvalue weighted by atomic mass is 16.5. The second kappa shape index (κ2) is 7.28. The van der Waals surface area contributed by atoms with E-state index in [1.165, 1.54) is 19.5 Å². The molecule has 2 aromatic heterocycles. The molecule has 0 fully saturated rings. The van der Waals surface area contributed by atoms with Crippen LogP contribution in [-0.4, -0.2) is 48.7 Å². The highest BCUT2D eigenvalue weighted by Crippen LogP contribution is 2.36. The number of benzene rings is 1. The van der Waals surface area contributed by atoms with Crippen molar-refractivity contribution in [1.82, 2.24) is 24.8 Å². The molecule has 1 aliphatic heterocycles. The summed E-state index contributed by atoms with van der Waals surface area (Å²) < 4.78 is 5.08. The van der Waals surface area contributed by atoms with Crippen LogP contribution in [0, 0.1) is 0 Å². The van der Waals surface area contributed by atoms with Gasteiger partial charge in [0.2, 0.25) is 5.75 Å². The minimum Gasteiger partial charge on any atom is -0.504 e. The fraction of sp³-hybridized carbons (Fsp3) is 0.263. The summed E-state index contributed by atoms with van der Waals surface area (Å²) in [6.45, 7) is 1.64. The number of nitrogens with one attached hydrogen (secondary N) is 1. The Morgan fingerprint density at radius 2 is 2.04 bits per heavy atom. The third-order valence-electron chi connectivity index (χ3n) is 4.72. The smallest absolute Gasteiger partial charge is 0.255 e. The molecule has 0 amide bonds. The molecule has 28 heavy (non-hydrogen) atoms. The minimum absolute atomic E-state index is 0.181. The van der Waals surface area contributed by atoms with Crippen LogP contribution >= 0.6 is 0 Å². The molecule has 1 aliphatic rings. The number of rotatable bonds is 4. The molecule has 9 heteroatoms. The number of fused-ring (bicyclic) bond motifs is 1. The molecule has 3 aromatic rings. The quantitative estimate of drug-likeness (QED) is 0.576. The first-order valence-electron chi connectivity index (χ1n) is 8.74.